The molecule has 0 saturated carbocycles. The van der Waals surface area contributed by atoms with Crippen LogP contribution in [0.1, 0.15) is 48.4 Å². The van der Waals surface area contributed by atoms with Gasteiger partial charge in [-0.15, -0.1) is 0 Å². The Bertz CT molecular complexity index is 1240. The number of hydrogen-bond acceptors (Lipinski definition) is 7. The zero-order valence-corrected chi connectivity index (χ0v) is 20.4. The molecule has 2 aromatic rings. The van der Waals surface area contributed by atoms with E-state index in [4.69, 9.17) is 4.99 Å². The molecule has 1 unspecified atom stereocenters. The van der Waals surface area contributed by atoms with E-state index in [9.17, 15) is 13.2 Å². The van der Waals surface area contributed by atoms with Gasteiger partial charge in [-0.3, -0.25) is 15.1 Å². The molecule has 34 heavy (non-hydrogen) atoms. The zero-order valence-electron chi connectivity index (χ0n) is 19.6. The molecule has 0 radical (unpaired) electrons. The number of sulfonamides is 1. The first kappa shape index (κ1) is 23.0. The monoisotopic (exact) mass is 482 g/mol. The van der Waals surface area contributed by atoms with Crippen molar-refractivity contribution in [2.45, 2.75) is 37.2 Å². The minimum atomic E-state index is -3.53. The van der Waals surface area contributed by atoms with Crippen LogP contribution >= 0.6 is 0 Å². The summed E-state index contributed by atoms with van der Waals surface area (Å²) < 4.78 is 27.9. The Hall–Kier alpha value is -2.79. The van der Waals surface area contributed by atoms with Gasteiger partial charge in [0.15, 0.2) is 0 Å². The molecule has 0 aliphatic carbocycles. The number of rotatable bonds is 4. The molecule has 5 rings (SSSR count). The molecule has 10 heteroatoms. The molecule has 3 aliphatic heterocycles. The van der Waals surface area contributed by atoms with E-state index in [0.717, 1.165) is 22.6 Å². The number of carbonyl (C=O) groups is 1. The molecule has 9 nitrogen and oxygen atoms in total. The van der Waals surface area contributed by atoms with E-state index < -0.39 is 10.0 Å². The summed E-state index contributed by atoms with van der Waals surface area (Å²) in [6.07, 6.45) is -0.242. The van der Waals surface area contributed by atoms with Crippen LogP contribution < -0.4 is 16.2 Å². The van der Waals surface area contributed by atoms with Gasteiger partial charge in [0, 0.05) is 37.3 Å². The highest BCUT2D eigenvalue weighted by Gasteiger charge is 2.33. The lowest BCUT2D eigenvalue weighted by molar-refractivity contribution is 0.0904. The number of piperazine rings is 1. The van der Waals surface area contributed by atoms with Crippen molar-refractivity contribution in [1.29, 1.82) is 0 Å². The van der Waals surface area contributed by atoms with E-state index in [0.29, 0.717) is 43.2 Å². The number of aliphatic imine (C=N–C) groups is 1. The number of nitrogens with one attached hydrogen (secondary N) is 3. The Balaban J connectivity index is 1.24. The highest BCUT2D eigenvalue weighted by atomic mass is 32.2. The zero-order chi connectivity index (χ0) is 24.1. The molecule has 2 aromatic carbocycles. The lowest BCUT2D eigenvalue weighted by atomic mass is 9.87. The molecule has 0 aromatic heterocycles. The molecule has 1 atom stereocenters. The second-order valence-corrected chi connectivity index (χ2v) is 11.9. The van der Waals surface area contributed by atoms with Crippen molar-refractivity contribution in [2.75, 3.05) is 32.7 Å². The summed E-state index contributed by atoms with van der Waals surface area (Å²) in [6.45, 7) is 8.98. The third-order valence-electron chi connectivity index (χ3n) is 6.58. The Kier molecular flexibility index (Phi) is 5.71. The van der Waals surface area contributed by atoms with Gasteiger partial charge in [0.25, 0.3) is 5.91 Å². The van der Waals surface area contributed by atoms with E-state index in [2.05, 4.69) is 41.8 Å². The second-order valence-electron chi connectivity index (χ2n) is 9.93. The molecule has 1 fully saturated rings. The largest absolute Gasteiger partial charge is 0.352 e. The molecule has 0 bridgehead atoms. The van der Waals surface area contributed by atoms with Crippen LogP contribution in [0, 0.1) is 0 Å². The number of nitrogens with zero attached hydrogens (tertiary/aromatic N) is 3. The predicted molar refractivity (Wildman–Crippen MR) is 130 cm³/mol. The van der Waals surface area contributed by atoms with Crippen LogP contribution in [-0.2, 0) is 15.4 Å². The van der Waals surface area contributed by atoms with Gasteiger partial charge in [0.05, 0.1) is 17.1 Å². The van der Waals surface area contributed by atoms with Crippen molar-refractivity contribution >= 4 is 27.5 Å². The molecule has 3 heterocycles. The lowest BCUT2D eigenvalue weighted by Gasteiger charge is -2.37. The molecule has 1 amide bonds. The van der Waals surface area contributed by atoms with Crippen LogP contribution in [0.5, 0.6) is 0 Å². The lowest BCUT2D eigenvalue weighted by Crippen LogP contribution is -2.55. The van der Waals surface area contributed by atoms with Gasteiger partial charge in [-0.25, -0.2) is 18.8 Å². The smallest absolute Gasteiger partial charge is 0.265 e. The van der Waals surface area contributed by atoms with E-state index in [-0.39, 0.29) is 17.5 Å². The summed E-state index contributed by atoms with van der Waals surface area (Å²) in [5, 5.41) is 3.35. The fourth-order valence-corrected chi connectivity index (χ4v) is 6.00. The van der Waals surface area contributed by atoms with Crippen molar-refractivity contribution in [2.24, 2.45) is 4.99 Å². The van der Waals surface area contributed by atoms with Gasteiger partial charge >= 0.3 is 0 Å². The van der Waals surface area contributed by atoms with Crippen molar-refractivity contribution < 1.29 is 13.2 Å². The van der Waals surface area contributed by atoms with Crippen molar-refractivity contribution in [3.8, 4) is 0 Å². The standard InChI is InChI=1S/C24H30N6O3S/c1-24(2,3)16-7-9-17(10-8-16)34(32,33)30-13-11-29(12-14-30)15-20-25-19-6-4-5-18-21(19)22(26-20)27-28-23(18)31/h4-10,22,27H,11-15H2,1-3H3,(H,25,26)(H,28,31). The van der Waals surface area contributed by atoms with E-state index >= 15 is 0 Å². The second kappa shape index (κ2) is 8.46. The first-order valence-electron chi connectivity index (χ1n) is 11.5. The number of hydrogen-bond donors (Lipinski definition) is 3. The third-order valence-corrected chi connectivity index (χ3v) is 8.49. The van der Waals surface area contributed by atoms with Gasteiger partial charge in [0.2, 0.25) is 10.0 Å². The Morgan fingerprint density at radius 2 is 1.74 bits per heavy atom. The summed E-state index contributed by atoms with van der Waals surface area (Å²) in [5.74, 6) is 0.617. The average molecular weight is 483 g/mol. The number of benzene rings is 2. The molecule has 3 N–H and O–H groups in total. The summed E-state index contributed by atoms with van der Waals surface area (Å²) in [4.78, 5) is 19.3. The predicted octanol–water partition coefficient (Wildman–Crippen LogP) is 1.87. The maximum atomic E-state index is 13.2. The Labute approximate surface area is 200 Å². The van der Waals surface area contributed by atoms with Crippen LogP contribution in [0.25, 0.3) is 0 Å². The summed E-state index contributed by atoms with van der Waals surface area (Å²) in [6, 6.07) is 12.8. The van der Waals surface area contributed by atoms with E-state index in [1.807, 2.05) is 24.3 Å². The average Bonchev–Trinajstić information content (AvgIpc) is 2.81. The van der Waals surface area contributed by atoms with Crippen LogP contribution in [0.3, 0.4) is 0 Å². The van der Waals surface area contributed by atoms with Crippen molar-refractivity contribution in [3.05, 3.63) is 59.2 Å². The topological polar surface area (TPSA) is 106 Å². The minimum Gasteiger partial charge on any atom is -0.352 e. The quantitative estimate of drug-likeness (QED) is 0.614. The van der Waals surface area contributed by atoms with Gasteiger partial charge in [-0.2, -0.15) is 4.31 Å². The van der Waals surface area contributed by atoms with Crippen LogP contribution in [0.15, 0.2) is 52.4 Å². The van der Waals surface area contributed by atoms with E-state index in [1.54, 1.807) is 22.5 Å². The van der Waals surface area contributed by atoms with Gasteiger partial charge < -0.3 is 5.32 Å². The van der Waals surface area contributed by atoms with Crippen molar-refractivity contribution in [1.82, 2.24) is 25.4 Å². The number of amides is 1. The SMILES string of the molecule is CC(C)(C)c1ccc(S(=O)(=O)N2CCN(CC3=Nc4cccc5c4C(NNC5=O)N3)CC2)cc1. The van der Waals surface area contributed by atoms with Gasteiger partial charge in [0.1, 0.15) is 12.0 Å². The first-order valence-corrected chi connectivity index (χ1v) is 12.9. The third kappa shape index (κ3) is 4.22. The fourth-order valence-electron chi connectivity index (χ4n) is 4.58. The summed E-state index contributed by atoms with van der Waals surface area (Å²) in [5.41, 5.74) is 9.00. The molecule has 180 valence electrons. The van der Waals surface area contributed by atoms with Crippen LogP contribution in [0.2, 0.25) is 0 Å². The Morgan fingerprint density at radius 3 is 2.41 bits per heavy atom. The van der Waals surface area contributed by atoms with Gasteiger partial charge in [-0.05, 0) is 35.2 Å². The summed E-state index contributed by atoms with van der Waals surface area (Å²) in [7, 11) is -3.53. The van der Waals surface area contributed by atoms with Crippen molar-refractivity contribution in [3.63, 3.8) is 0 Å². The molecular weight excluding hydrogens is 452 g/mol. The van der Waals surface area contributed by atoms with Gasteiger partial charge in [-0.1, -0.05) is 39.0 Å². The fraction of sp³-hybridized carbons (Fsp3) is 0.417. The molecular formula is C24H30N6O3S. The Morgan fingerprint density at radius 1 is 1.03 bits per heavy atom. The maximum absolute atomic E-state index is 13.2. The van der Waals surface area contributed by atoms with Crippen LogP contribution in [0.4, 0.5) is 5.69 Å². The van der Waals surface area contributed by atoms with E-state index in [1.165, 1.54) is 0 Å². The summed E-state index contributed by atoms with van der Waals surface area (Å²) >= 11 is 0. The minimum absolute atomic E-state index is 0.0232. The number of amidine groups is 1. The highest BCUT2D eigenvalue weighted by Crippen LogP contribution is 2.33. The van der Waals surface area contributed by atoms with Crippen LogP contribution in [-0.4, -0.2) is 62.1 Å². The highest BCUT2D eigenvalue weighted by molar-refractivity contribution is 7.89. The number of hydrazine groups is 1. The molecule has 0 spiro atoms. The maximum Gasteiger partial charge on any atom is 0.265 e. The normalized spacial score (nSPS) is 21.3. The number of carbonyl (C=O) groups excluding carboxylic acids is 1. The first-order chi connectivity index (χ1) is 16.1. The molecule has 1 saturated heterocycles. The molecule has 3 aliphatic rings.